The number of hydrogen-bond donors (Lipinski definition) is 3. The van der Waals surface area contributed by atoms with Crippen LogP contribution < -0.4 is 11.1 Å². The Kier molecular flexibility index (Phi) is 3.65. The molecule has 0 radical (unpaired) electrons. The number of aliphatic hydroxyl groups is 1. The van der Waals surface area contributed by atoms with Crippen LogP contribution in [0.4, 0.5) is 0 Å². The van der Waals surface area contributed by atoms with Gasteiger partial charge in [-0.05, 0) is 0 Å². The van der Waals surface area contributed by atoms with Crippen molar-refractivity contribution in [2.24, 2.45) is 5.73 Å². The van der Waals surface area contributed by atoms with Crippen molar-refractivity contribution in [3.8, 4) is 0 Å². The van der Waals surface area contributed by atoms with Crippen molar-refractivity contribution in [3.63, 3.8) is 0 Å². The summed E-state index contributed by atoms with van der Waals surface area (Å²) in [5, 5.41) is 12.4. The molecule has 1 heterocycles. The molecule has 0 saturated carbocycles. The molecule has 4 N–H and O–H groups in total. The normalized spacial score (nSPS) is 27.5. The van der Waals surface area contributed by atoms with Crippen molar-refractivity contribution in [1.82, 2.24) is 5.32 Å². The molecule has 1 amide bonds. The maximum atomic E-state index is 11.0. The van der Waals surface area contributed by atoms with Crippen molar-refractivity contribution in [1.29, 1.82) is 0 Å². The zero-order chi connectivity index (χ0) is 9.73. The molecule has 1 saturated heterocycles. The fourth-order valence-electron chi connectivity index (χ4n) is 1.22. The molecule has 1 unspecified atom stereocenters. The first-order valence-corrected chi connectivity index (χ1v) is 4.43. The van der Waals surface area contributed by atoms with Crippen LogP contribution in [0.2, 0.25) is 0 Å². The molecule has 1 aliphatic rings. The minimum Gasteiger partial charge on any atom is -0.386 e. The van der Waals surface area contributed by atoms with Crippen LogP contribution >= 0.6 is 0 Å². The van der Waals surface area contributed by atoms with Gasteiger partial charge in [-0.1, -0.05) is 0 Å². The molecule has 0 bridgehead atoms. The molecule has 1 rings (SSSR count). The average molecular weight is 188 g/mol. The van der Waals surface area contributed by atoms with Crippen molar-refractivity contribution in [3.05, 3.63) is 0 Å². The zero-order valence-corrected chi connectivity index (χ0v) is 7.58. The van der Waals surface area contributed by atoms with Gasteiger partial charge in [0.1, 0.15) is 5.60 Å². The van der Waals surface area contributed by atoms with Gasteiger partial charge in [0.15, 0.2) is 0 Å². The van der Waals surface area contributed by atoms with Crippen LogP contribution in [0.15, 0.2) is 0 Å². The van der Waals surface area contributed by atoms with Crippen LogP contribution in [0.25, 0.3) is 0 Å². The first-order valence-electron chi connectivity index (χ1n) is 4.43. The van der Waals surface area contributed by atoms with E-state index in [2.05, 4.69) is 5.32 Å². The van der Waals surface area contributed by atoms with Gasteiger partial charge < -0.3 is 20.9 Å². The van der Waals surface area contributed by atoms with E-state index in [0.29, 0.717) is 32.6 Å². The van der Waals surface area contributed by atoms with Gasteiger partial charge >= 0.3 is 0 Å². The summed E-state index contributed by atoms with van der Waals surface area (Å²) in [4.78, 5) is 11.0. The van der Waals surface area contributed by atoms with E-state index in [-0.39, 0.29) is 12.5 Å². The highest BCUT2D eigenvalue weighted by Gasteiger charge is 2.32. The van der Waals surface area contributed by atoms with Crippen molar-refractivity contribution >= 4 is 5.91 Å². The Hall–Kier alpha value is -0.650. The minimum atomic E-state index is -0.871. The third-order valence-corrected chi connectivity index (χ3v) is 2.07. The van der Waals surface area contributed by atoms with E-state index in [1.807, 2.05) is 0 Å². The van der Waals surface area contributed by atoms with Crippen LogP contribution in [0.3, 0.4) is 0 Å². The molecule has 0 spiro atoms. The second kappa shape index (κ2) is 4.55. The van der Waals surface area contributed by atoms with E-state index < -0.39 is 5.60 Å². The smallest absolute Gasteiger partial charge is 0.221 e. The molecule has 5 nitrogen and oxygen atoms in total. The topological polar surface area (TPSA) is 84.6 Å². The van der Waals surface area contributed by atoms with Crippen LogP contribution in [-0.4, -0.2) is 42.9 Å². The predicted molar refractivity (Wildman–Crippen MR) is 47.1 cm³/mol. The Morgan fingerprint density at radius 1 is 1.69 bits per heavy atom. The quantitative estimate of drug-likeness (QED) is 0.506. The van der Waals surface area contributed by atoms with Gasteiger partial charge in [0.25, 0.3) is 0 Å². The number of hydrogen-bond acceptors (Lipinski definition) is 4. The number of nitrogens with one attached hydrogen (secondary N) is 1. The SMILES string of the molecule is NCCC(=O)NCC1(O)CCOC1. The average Bonchev–Trinajstić information content (AvgIpc) is 2.51. The monoisotopic (exact) mass is 188 g/mol. The fraction of sp³-hybridized carbons (Fsp3) is 0.875. The lowest BCUT2D eigenvalue weighted by molar-refractivity contribution is -0.122. The van der Waals surface area contributed by atoms with Gasteiger partial charge in [0, 0.05) is 32.5 Å². The van der Waals surface area contributed by atoms with E-state index in [0.717, 1.165) is 0 Å². The molecule has 0 aliphatic carbocycles. The summed E-state index contributed by atoms with van der Waals surface area (Å²) in [6.07, 6.45) is 0.882. The number of nitrogens with two attached hydrogens (primary N) is 1. The van der Waals surface area contributed by atoms with E-state index in [1.165, 1.54) is 0 Å². The van der Waals surface area contributed by atoms with Gasteiger partial charge in [-0.3, -0.25) is 4.79 Å². The third kappa shape index (κ3) is 3.30. The highest BCUT2D eigenvalue weighted by Crippen LogP contribution is 2.16. The molecule has 1 aliphatic heterocycles. The predicted octanol–water partition coefficient (Wildman–Crippen LogP) is -1.40. The van der Waals surface area contributed by atoms with Crippen LogP contribution in [-0.2, 0) is 9.53 Å². The molecule has 76 valence electrons. The van der Waals surface area contributed by atoms with E-state index >= 15 is 0 Å². The lowest BCUT2D eigenvalue weighted by Crippen LogP contribution is -2.43. The Morgan fingerprint density at radius 3 is 3.00 bits per heavy atom. The summed E-state index contributed by atoms with van der Waals surface area (Å²) in [6, 6.07) is 0. The molecular formula is C8H16N2O3. The molecule has 1 atom stereocenters. The second-order valence-corrected chi connectivity index (χ2v) is 3.34. The first-order chi connectivity index (χ1) is 6.16. The van der Waals surface area contributed by atoms with E-state index in [4.69, 9.17) is 10.5 Å². The van der Waals surface area contributed by atoms with Crippen LogP contribution in [0.1, 0.15) is 12.8 Å². The molecule has 0 aromatic carbocycles. The van der Waals surface area contributed by atoms with Crippen molar-refractivity contribution < 1.29 is 14.6 Å². The summed E-state index contributed by atoms with van der Waals surface area (Å²) in [5.74, 6) is -0.122. The maximum Gasteiger partial charge on any atom is 0.221 e. The summed E-state index contributed by atoms with van der Waals surface area (Å²) >= 11 is 0. The molecule has 13 heavy (non-hydrogen) atoms. The summed E-state index contributed by atoms with van der Waals surface area (Å²) in [5.41, 5.74) is 4.33. The summed E-state index contributed by atoms with van der Waals surface area (Å²) in [6.45, 7) is 1.45. The number of rotatable bonds is 4. The maximum absolute atomic E-state index is 11.0. The number of ether oxygens (including phenoxy) is 1. The van der Waals surface area contributed by atoms with Gasteiger partial charge in [-0.15, -0.1) is 0 Å². The molecule has 1 fully saturated rings. The Bertz CT molecular complexity index is 178. The lowest BCUT2D eigenvalue weighted by atomic mass is 10.0. The van der Waals surface area contributed by atoms with Gasteiger partial charge in [-0.2, -0.15) is 0 Å². The number of amides is 1. The summed E-state index contributed by atoms with van der Waals surface area (Å²) < 4.78 is 5.03. The Balaban J connectivity index is 2.21. The highest BCUT2D eigenvalue weighted by atomic mass is 16.5. The van der Waals surface area contributed by atoms with Crippen molar-refractivity contribution in [2.45, 2.75) is 18.4 Å². The molecule has 0 aromatic heterocycles. The van der Waals surface area contributed by atoms with Gasteiger partial charge in [-0.25, -0.2) is 0 Å². The first kappa shape index (κ1) is 10.4. The zero-order valence-electron chi connectivity index (χ0n) is 7.58. The molecule has 0 aromatic rings. The summed E-state index contributed by atoms with van der Waals surface area (Å²) in [7, 11) is 0. The van der Waals surface area contributed by atoms with Crippen molar-refractivity contribution in [2.75, 3.05) is 26.3 Å². The van der Waals surface area contributed by atoms with Crippen LogP contribution in [0.5, 0.6) is 0 Å². The van der Waals surface area contributed by atoms with E-state index in [9.17, 15) is 9.90 Å². The second-order valence-electron chi connectivity index (χ2n) is 3.34. The fourth-order valence-corrected chi connectivity index (χ4v) is 1.22. The molecular weight excluding hydrogens is 172 g/mol. The molecule has 5 heteroatoms. The van der Waals surface area contributed by atoms with Gasteiger partial charge in [0.2, 0.25) is 5.91 Å². The highest BCUT2D eigenvalue weighted by molar-refractivity contribution is 5.76. The standard InChI is InChI=1S/C8H16N2O3/c9-3-1-7(11)10-5-8(12)2-4-13-6-8/h12H,1-6,9H2,(H,10,11). The Labute approximate surface area is 77.2 Å². The number of carbonyl (C=O) groups excluding carboxylic acids is 1. The lowest BCUT2D eigenvalue weighted by Gasteiger charge is -2.20. The van der Waals surface area contributed by atoms with E-state index in [1.54, 1.807) is 0 Å². The minimum absolute atomic E-state index is 0.122. The third-order valence-electron chi connectivity index (χ3n) is 2.07. The van der Waals surface area contributed by atoms with Gasteiger partial charge in [0.05, 0.1) is 6.61 Å². The Morgan fingerprint density at radius 2 is 2.46 bits per heavy atom. The number of carbonyl (C=O) groups is 1. The van der Waals surface area contributed by atoms with Crippen LogP contribution in [0, 0.1) is 0 Å². The largest absolute Gasteiger partial charge is 0.386 e.